The Kier molecular flexibility index (Phi) is 6.17. The number of hydrogen-bond donors (Lipinski definition) is 2. The molecule has 0 aliphatic carbocycles. The molecule has 1 atom stereocenters. The number of nitrogens with two attached hydrogens (primary N) is 1. The Morgan fingerprint density at radius 3 is 2.07 bits per heavy atom. The van der Waals surface area contributed by atoms with Gasteiger partial charge in [-0.1, -0.05) is 18.2 Å². The van der Waals surface area contributed by atoms with Crippen molar-refractivity contribution in [3.05, 3.63) is 53.6 Å². The first-order valence-corrected chi connectivity index (χ1v) is 11.7. The lowest BCUT2D eigenvalue weighted by Crippen LogP contribution is -2.33. The molecule has 1 unspecified atom stereocenters. The number of carbonyl (C=O) groups is 1. The summed E-state index contributed by atoms with van der Waals surface area (Å²) in [5.74, 6) is 0. The highest BCUT2D eigenvalue weighted by Crippen LogP contribution is 2.24. The highest BCUT2D eigenvalue weighted by atomic mass is 32.2. The van der Waals surface area contributed by atoms with Crippen molar-refractivity contribution in [3.63, 3.8) is 0 Å². The smallest absolute Gasteiger partial charge is 0.321 e. The zero-order valence-corrected chi connectivity index (χ0v) is 17.6. The average molecular weight is 426 g/mol. The summed E-state index contributed by atoms with van der Waals surface area (Å²) in [5.41, 5.74) is 1.84. The molecule has 0 bridgehead atoms. The van der Waals surface area contributed by atoms with Gasteiger partial charge in [-0.05, 0) is 49.2 Å². The summed E-state index contributed by atoms with van der Waals surface area (Å²) >= 11 is 0. The zero-order valence-electron chi connectivity index (χ0n) is 16.0. The number of hydrogen-bond acceptors (Lipinski definition) is 5. The van der Waals surface area contributed by atoms with Crippen molar-refractivity contribution in [2.45, 2.75) is 29.7 Å². The van der Waals surface area contributed by atoms with Gasteiger partial charge in [-0.25, -0.2) is 26.8 Å². The van der Waals surface area contributed by atoms with E-state index in [2.05, 4.69) is 5.32 Å². The molecule has 0 radical (unpaired) electrons. The minimum Gasteiger partial charge on any atom is -0.321 e. The maximum absolute atomic E-state index is 12.6. The number of urea groups is 1. The topological polar surface area (TPSA) is 127 Å². The molecular formula is C18H23N3O5S2. The molecule has 2 amide bonds. The fourth-order valence-electron chi connectivity index (χ4n) is 2.51. The van der Waals surface area contributed by atoms with Crippen molar-refractivity contribution in [2.75, 3.05) is 18.6 Å². The van der Waals surface area contributed by atoms with E-state index < -0.39 is 25.9 Å². The van der Waals surface area contributed by atoms with Gasteiger partial charge in [0, 0.05) is 19.0 Å². The molecule has 2 aromatic carbocycles. The van der Waals surface area contributed by atoms with Crippen LogP contribution in [0.5, 0.6) is 0 Å². The minimum absolute atomic E-state index is 0.0104. The molecular weight excluding hydrogens is 402 g/mol. The largest absolute Gasteiger partial charge is 0.322 e. The van der Waals surface area contributed by atoms with Crippen LogP contribution in [0, 0.1) is 6.92 Å². The molecule has 8 nitrogen and oxygen atoms in total. The number of nitrogens with zero attached hydrogens (tertiary/aromatic N) is 1. The Balaban J connectivity index is 2.21. The van der Waals surface area contributed by atoms with Gasteiger partial charge in [-0.3, -0.25) is 0 Å². The fraction of sp³-hybridized carbons (Fsp3) is 0.278. The SMILES string of the molecule is Cc1ccc(S(C)(=O)=O)cc1NC(=O)N(C)C(C)c1ccc(S(N)(=O)=O)cc1. The van der Waals surface area contributed by atoms with Crippen LogP contribution in [0.1, 0.15) is 24.1 Å². The first-order valence-electron chi connectivity index (χ1n) is 8.28. The average Bonchev–Trinajstić information content (AvgIpc) is 2.60. The maximum atomic E-state index is 12.6. The summed E-state index contributed by atoms with van der Waals surface area (Å²) in [7, 11) is -5.60. The van der Waals surface area contributed by atoms with E-state index in [-0.39, 0.29) is 15.8 Å². The van der Waals surface area contributed by atoms with E-state index in [0.717, 1.165) is 11.8 Å². The van der Waals surface area contributed by atoms with Crippen LogP contribution in [0.4, 0.5) is 10.5 Å². The number of nitrogens with one attached hydrogen (secondary N) is 1. The monoisotopic (exact) mass is 425 g/mol. The van der Waals surface area contributed by atoms with E-state index in [1.54, 1.807) is 39.1 Å². The summed E-state index contributed by atoms with van der Waals surface area (Å²) < 4.78 is 46.2. The van der Waals surface area contributed by atoms with Crippen LogP contribution in [0.25, 0.3) is 0 Å². The van der Waals surface area contributed by atoms with Crippen LogP contribution < -0.4 is 10.5 Å². The molecule has 0 spiro atoms. The van der Waals surface area contributed by atoms with Gasteiger partial charge in [0.25, 0.3) is 0 Å². The van der Waals surface area contributed by atoms with E-state index in [1.165, 1.54) is 29.2 Å². The molecule has 0 saturated carbocycles. The van der Waals surface area contributed by atoms with Gasteiger partial charge in [-0.2, -0.15) is 0 Å². The second-order valence-corrected chi connectivity index (χ2v) is 10.2. The second-order valence-electron chi connectivity index (χ2n) is 6.58. The molecule has 0 aliphatic heterocycles. The lowest BCUT2D eigenvalue weighted by molar-refractivity contribution is 0.208. The standard InChI is InChI=1S/C18H23N3O5S2/c1-12-5-8-16(27(4,23)24)11-17(12)20-18(22)21(3)13(2)14-6-9-15(10-7-14)28(19,25)26/h5-11,13H,1-4H3,(H,20,22)(H2,19,25,26). The fourth-order valence-corrected chi connectivity index (χ4v) is 3.67. The molecule has 0 heterocycles. The van der Waals surface area contributed by atoms with Crippen LogP contribution >= 0.6 is 0 Å². The quantitative estimate of drug-likeness (QED) is 0.760. The summed E-state index contributed by atoms with van der Waals surface area (Å²) in [4.78, 5) is 14.1. The third-order valence-electron chi connectivity index (χ3n) is 4.47. The lowest BCUT2D eigenvalue weighted by Gasteiger charge is -2.26. The van der Waals surface area contributed by atoms with E-state index in [4.69, 9.17) is 5.14 Å². The number of aryl methyl sites for hydroxylation is 1. The molecule has 2 aromatic rings. The Morgan fingerprint density at radius 2 is 1.57 bits per heavy atom. The van der Waals surface area contributed by atoms with Gasteiger partial charge < -0.3 is 10.2 Å². The van der Waals surface area contributed by atoms with Crippen molar-refractivity contribution in [1.29, 1.82) is 0 Å². The van der Waals surface area contributed by atoms with Crippen molar-refractivity contribution in [3.8, 4) is 0 Å². The van der Waals surface area contributed by atoms with Crippen molar-refractivity contribution < 1.29 is 21.6 Å². The van der Waals surface area contributed by atoms with Gasteiger partial charge in [0.15, 0.2) is 9.84 Å². The number of benzene rings is 2. The van der Waals surface area contributed by atoms with Gasteiger partial charge in [0.1, 0.15) is 0 Å². The Labute approximate surface area is 165 Å². The molecule has 0 fully saturated rings. The number of carbonyl (C=O) groups excluding carboxylic acids is 1. The van der Waals surface area contributed by atoms with Crippen molar-refractivity contribution in [1.82, 2.24) is 4.90 Å². The van der Waals surface area contributed by atoms with E-state index in [9.17, 15) is 21.6 Å². The Hall–Kier alpha value is -2.43. The van der Waals surface area contributed by atoms with Gasteiger partial charge in [-0.15, -0.1) is 0 Å². The van der Waals surface area contributed by atoms with Gasteiger partial charge >= 0.3 is 6.03 Å². The number of anilines is 1. The highest BCUT2D eigenvalue weighted by molar-refractivity contribution is 7.90. The van der Waals surface area contributed by atoms with Gasteiger partial charge in [0.05, 0.1) is 15.8 Å². The summed E-state index contributed by atoms with van der Waals surface area (Å²) in [6.07, 6.45) is 1.10. The molecule has 0 aliphatic rings. The molecule has 28 heavy (non-hydrogen) atoms. The van der Waals surface area contributed by atoms with Crippen LogP contribution in [-0.2, 0) is 19.9 Å². The van der Waals surface area contributed by atoms with Crippen molar-refractivity contribution in [2.24, 2.45) is 5.14 Å². The van der Waals surface area contributed by atoms with Crippen LogP contribution in [-0.4, -0.2) is 41.1 Å². The highest BCUT2D eigenvalue weighted by Gasteiger charge is 2.19. The Morgan fingerprint density at radius 1 is 1.04 bits per heavy atom. The number of sulfonamides is 1. The minimum atomic E-state index is -3.79. The predicted octanol–water partition coefficient (Wildman–Crippen LogP) is 2.27. The van der Waals surface area contributed by atoms with E-state index in [1.807, 2.05) is 0 Å². The first-order chi connectivity index (χ1) is 12.8. The van der Waals surface area contributed by atoms with Crippen LogP contribution in [0.3, 0.4) is 0 Å². The number of sulfone groups is 1. The second kappa shape index (κ2) is 7.90. The predicted molar refractivity (Wildman–Crippen MR) is 107 cm³/mol. The summed E-state index contributed by atoms with van der Waals surface area (Å²) in [5, 5.41) is 7.80. The lowest BCUT2D eigenvalue weighted by atomic mass is 10.1. The molecule has 3 N–H and O–H groups in total. The van der Waals surface area contributed by atoms with Gasteiger partial charge in [0.2, 0.25) is 10.0 Å². The number of primary sulfonamides is 1. The van der Waals surface area contributed by atoms with Crippen LogP contribution in [0.2, 0.25) is 0 Å². The van der Waals surface area contributed by atoms with E-state index in [0.29, 0.717) is 11.3 Å². The van der Waals surface area contributed by atoms with Crippen molar-refractivity contribution >= 4 is 31.6 Å². The third kappa shape index (κ3) is 5.09. The van der Waals surface area contributed by atoms with Crippen LogP contribution in [0.15, 0.2) is 52.3 Å². The normalized spacial score (nSPS) is 13.0. The first kappa shape index (κ1) is 21.9. The number of rotatable bonds is 5. The molecule has 0 aromatic heterocycles. The zero-order chi connectivity index (χ0) is 21.3. The molecule has 0 saturated heterocycles. The molecule has 10 heteroatoms. The molecule has 2 rings (SSSR count). The third-order valence-corrected chi connectivity index (χ3v) is 6.51. The maximum Gasteiger partial charge on any atom is 0.322 e. The summed E-state index contributed by atoms with van der Waals surface area (Å²) in [6, 6.07) is 9.67. The Bertz CT molecular complexity index is 1090. The van der Waals surface area contributed by atoms with E-state index >= 15 is 0 Å². The number of amides is 2. The molecule has 152 valence electrons. The summed E-state index contributed by atoms with van der Waals surface area (Å²) in [6.45, 7) is 3.54.